The van der Waals surface area contributed by atoms with Crippen LogP contribution in [0.2, 0.25) is 0 Å². The van der Waals surface area contributed by atoms with Crippen LogP contribution < -0.4 is 15.1 Å². The van der Waals surface area contributed by atoms with Crippen LogP contribution in [-0.4, -0.2) is 50.1 Å². The van der Waals surface area contributed by atoms with Crippen molar-refractivity contribution in [2.45, 2.75) is 25.9 Å². The normalized spacial score (nSPS) is 20.3. The maximum atomic E-state index is 14.5. The molecule has 2 heterocycles. The van der Waals surface area contributed by atoms with Gasteiger partial charge in [-0.15, -0.1) is 0 Å². The smallest absolute Gasteiger partial charge is 0.414 e. The number of ketones is 1. The topological polar surface area (TPSA) is 79.0 Å². The second-order valence-corrected chi connectivity index (χ2v) is 6.34. The van der Waals surface area contributed by atoms with Crippen molar-refractivity contribution in [1.29, 1.82) is 0 Å². The number of carbonyl (C=O) groups is 3. The predicted octanol–water partition coefficient (Wildman–Crippen LogP) is 1.60. The minimum atomic E-state index is -0.799. The molecule has 9 heteroatoms. The molecular formula is C17H19F2N3O4. The van der Waals surface area contributed by atoms with Gasteiger partial charge in [-0.2, -0.15) is 0 Å². The van der Waals surface area contributed by atoms with Gasteiger partial charge >= 0.3 is 6.09 Å². The van der Waals surface area contributed by atoms with Crippen LogP contribution in [0, 0.1) is 11.6 Å². The summed E-state index contributed by atoms with van der Waals surface area (Å²) in [5.74, 6) is -1.79. The molecule has 3 rings (SSSR count). The fourth-order valence-corrected chi connectivity index (χ4v) is 3.09. The molecule has 2 amide bonds. The van der Waals surface area contributed by atoms with E-state index in [2.05, 4.69) is 5.32 Å². The number of nitrogens with one attached hydrogen (secondary N) is 1. The van der Waals surface area contributed by atoms with Gasteiger partial charge in [0.2, 0.25) is 5.91 Å². The first-order chi connectivity index (χ1) is 12.3. The third-order valence-corrected chi connectivity index (χ3v) is 4.40. The Morgan fingerprint density at radius 2 is 1.85 bits per heavy atom. The third-order valence-electron chi connectivity index (χ3n) is 4.40. The fraction of sp³-hybridized carbons (Fsp3) is 0.471. The molecule has 0 aromatic heterocycles. The van der Waals surface area contributed by atoms with E-state index in [0.29, 0.717) is 0 Å². The van der Waals surface area contributed by atoms with Crippen molar-refractivity contribution in [3.05, 3.63) is 23.8 Å². The van der Waals surface area contributed by atoms with E-state index >= 15 is 0 Å². The molecule has 0 spiro atoms. The van der Waals surface area contributed by atoms with Crippen LogP contribution in [0.1, 0.15) is 19.8 Å². The van der Waals surface area contributed by atoms with Crippen LogP contribution in [0.25, 0.3) is 0 Å². The minimum Gasteiger partial charge on any atom is -0.442 e. The molecule has 2 aliphatic rings. The molecule has 2 aliphatic heterocycles. The lowest BCUT2D eigenvalue weighted by atomic mass is 10.1. The summed E-state index contributed by atoms with van der Waals surface area (Å²) in [6.07, 6.45) is -0.811. The molecule has 1 aromatic rings. The lowest BCUT2D eigenvalue weighted by Crippen LogP contribution is -2.35. The molecule has 0 saturated carbocycles. The quantitative estimate of drug-likeness (QED) is 0.875. The maximum absolute atomic E-state index is 14.5. The van der Waals surface area contributed by atoms with Gasteiger partial charge < -0.3 is 15.0 Å². The summed E-state index contributed by atoms with van der Waals surface area (Å²) in [5.41, 5.74) is -0.143. The Balaban J connectivity index is 1.76. The number of benzene rings is 1. The van der Waals surface area contributed by atoms with Crippen molar-refractivity contribution >= 4 is 29.2 Å². The molecule has 1 aromatic carbocycles. The second kappa shape index (κ2) is 7.27. The minimum absolute atomic E-state index is 0.0483. The van der Waals surface area contributed by atoms with Crippen molar-refractivity contribution < 1.29 is 27.9 Å². The van der Waals surface area contributed by atoms with Crippen LogP contribution >= 0.6 is 0 Å². The average Bonchev–Trinajstić information content (AvgIpc) is 2.95. The van der Waals surface area contributed by atoms with Gasteiger partial charge in [-0.05, 0) is 0 Å². The van der Waals surface area contributed by atoms with E-state index in [-0.39, 0.29) is 62.1 Å². The number of amides is 2. The van der Waals surface area contributed by atoms with Gasteiger partial charge in [0.15, 0.2) is 11.6 Å². The number of cyclic esters (lactones) is 1. The molecule has 140 valence electrons. The number of hydrogen-bond acceptors (Lipinski definition) is 5. The Labute approximate surface area is 148 Å². The molecule has 2 fully saturated rings. The fourth-order valence-electron chi connectivity index (χ4n) is 3.09. The molecule has 0 unspecified atom stereocenters. The van der Waals surface area contributed by atoms with E-state index in [0.717, 1.165) is 17.0 Å². The number of nitrogens with zero attached hydrogens (tertiary/aromatic N) is 2. The Morgan fingerprint density at radius 1 is 1.23 bits per heavy atom. The van der Waals surface area contributed by atoms with Gasteiger partial charge in [-0.1, -0.05) is 0 Å². The van der Waals surface area contributed by atoms with E-state index in [4.69, 9.17) is 4.74 Å². The zero-order chi connectivity index (χ0) is 18.8. The molecule has 26 heavy (non-hydrogen) atoms. The van der Waals surface area contributed by atoms with E-state index in [1.54, 1.807) is 0 Å². The first kappa shape index (κ1) is 18.1. The maximum Gasteiger partial charge on any atom is 0.414 e. The molecule has 1 atom stereocenters. The molecule has 7 nitrogen and oxygen atoms in total. The summed E-state index contributed by atoms with van der Waals surface area (Å²) in [6, 6.07) is 2.16. The molecule has 2 saturated heterocycles. The summed E-state index contributed by atoms with van der Waals surface area (Å²) < 4.78 is 34.1. The van der Waals surface area contributed by atoms with Crippen molar-refractivity contribution in [2.24, 2.45) is 0 Å². The van der Waals surface area contributed by atoms with Crippen molar-refractivity contribution in [2.75, 3.05) is 36.0 Å². The first-order valence-electron chi connectivity index (χ1n) is 8.33. The molecular weight excluding hydrogens is 348 g/mol. The second-order valence-electron chi connectivity index (χ2n) is 6.34. The zero-order valence-electron chi connectivity index (χ0n) is 14.3. The number of Topliss-reactive ketones (excluding diaryl/α,β-unsaturated/α-hetero) is 1. The van der Waals surface area contributed by atoms with Gasteiger partial charge in [-0.3, -0.25) is 14.5 Å². The van der Waals surface area contributed by atoms with E-state index in [1.807, 2.05) is 0 Å². The summed E-state index contributed by atoms with van der Waals surface area (Å²) in [5, 5.41) is 2.53. The SMILES string of the molecule is CC(=O)NC[C@H]1CN(c2cc(F)c(N3CCC(=O)CC3)c(F)c2)C(=O)O1. The highest BCUT2D eigenvalue weighted by Gasteiger charge is 2.34. The highest BCUT2D eigenvalue weighted by atomic mass is 19.1. The van der Waals surface area contributed by atoms with Crippen molar-refractivity contribution in [1.82, 2.24) is 5.32 Å². The zero-order valence-corrected chi connectivity index (χ0v) is 14.3. The summed E-state index contributed by atoms with van der Waals surface area (Å²) >= 11 is 0. The Morgan fingerprint density at radius 3 is 2.42 bits per heavy atom. The lowest BCUT2D eigenvalue weighted by Gasteiger charge is -2.29. The highest BCUT2D eigenvalue weighted by Crippen LogP contribution is 2.32. The number of halogens is 2. The standard InChI is InChI=1S/C17H19F2N3O4/c1-10(23)20-8-13-9-22(17(25)26-13)11-6-14(18)16(15(19)7-11)21-4-2-12(24)3-5-21/h6-7,13H,2-5,8-9H2,1H3,(H,20,23)/t13-/m0/s1. The Kier molecular flexibility index (Phi) is 5.06. The van der Waals surface area contributed by atoms with E-state index in [1.165, 1.54) is 11.8 Å². The van der Waals surface area contributed by atoms with Gasteiger partial charge in [0.25, 0.3) is 0 Å². The number of piperidine rings is 1. The third kappa shape index (κ3) is 3.76. The molecule has 1 N–H and O–H groups in total. The van der Waals surface area contributed by atoms with Crippen LogP contribution in [0.15, 0.2) is 12.1 Å². The van der Waals surface area contributed by atoms with Crippen LogP contribution in [0.5, 0.6) is 0 Å². The number of hydrogen-bond donors (Lipinski definition) is 1. The Bertz CT molecular complexity index is 723. The summed E-state index contributed by atoms with van der Waals surface area (Å²) in [6.45, 7) is 2.07. The van der Waals surface area contributed by atoms with E-state index in [9.17, 15) is 23.2 Å². The monoisotopic (exact) mass is 367 g/mol. The van der Waals surface area contributed by atoms with Crippen molar-refractivity contribution in [3.63, 3.8) is 0 Å². The van der Waals surface area contributed by atoms with Crippen LogP contribution in [0.4, 0.5) is 25.0 Å². The lowest BCUT2D eigenvalue weighted by molar-refractivity contribution is -0.120. The van der Waals surface area contributed by atoms with Crippen LogP contribution in [-0.2, 0) is 14.3 Å². The summed E-state index contributed by atoms with van der Waals surface area (Å²) in [7, 11) is 0. The first-order valence-corrected chi connectivity index (χ1v) is 8.33. The average molecular weight is 367 g/mol. The summed E-state index contributed by atoms with van der Waals surface area (Å²) in [4.78, 5) is 36.8. The van der Waals surface area contributed by atoms with Crippen LogP contribution in [0.3, 0.4) is 0 Å². The Hall–Kier alpha value is -2.71. The van der Waals surface area contributed by atoms with Gasteiger partial charge in [0, 0.05) is 45.0 Å². The molecule has 0 aliphatic carbocycles. The van der Waals surface area contributed by atoms with Gasteiger partial charge in [-0.25, -0.2) is 13.6 Å². The number of ether oxygens (including phenoxy) is 1. The largest absolute Gasteiger partial charge is 0.442 e. The number of carbonyl (C=O) groups excluding carboxylic acids is 3. The van der Waals surface area contributed by atoms with Gasteiger partial charge in [0.1, 0.15) is 17.6 Å². The molecule has 0 radical (unpaired) electrons. The highest BCUT2D eigenvalue weighted by molar-refractivity contribution is 5.90. The number of anilines is 2. The number of rotatable bonds is 4. The van der Waals surface area contributed by atoms with Crippen molar-refractivity contribution in [3.8, 4) is 0 Å². The predicted molar refractivity (Wildman–Crippen MR) is 89.1 cm³/mol. The van der Waals surface area contributed by atoms with Gasteiger partial charge in [0.05, 0.1) is 18.8 Å². The molecule has 0 bridgehead atoms. The van der Waals surface area contributed by atoms with E-state index < -0.39 is 23.8 Å².